The Morgan fingerprint density at radius 3 is 2.47 bits per heavy atom. The summed E-state index contributed by atoms with van der Waals surface area (Å²) >= 11 is 0. The summed E-state index contributed by atoms with van der Waals surface area (Å²) in [5.41, 5.74) is 1.83. The van der Waals surface area contributed by atoms with Crippen LogP contribution in [0.25, 0.3) is 0 Å². The molecule has 2 aromatic rings. The summed E-state index contributed by atoms with van der Waals surface area (Å²) in [7, 11) is 3.93. The number of carbonyl (C=O) groups is 1. The van der Waals surface area contributed by atoms with Gasteiger partial charge in [-0.2, -0.15) is 0 Å². The zero-order valence-electron chi connectivity index (χ0n) is 17.9. The van der Waals surface area contributed by atoms with E-state index in [2.05, 4.69) is 5.32 Å². The number of amides is 2. The van der Waals surface area contributed by atoms with Crippen LogP contribution >= 0.6 is 0 Å². The van der Waals surface area contributed by atoms with E-state index in [1.54, 1.807) is 17.0 Å². The summed E-state index contributed by atoms with van der Waals surface area (Å²) in [6.45, 7) is 4.90. The normalized spacial score (nSPS) is 14.2. The molecule has 6 nitrogen and oxygen atoms in total. The molecule has 1 unspecified atom stereocenters. The van der Waals surface area contributed by atoms with Gasteiger partial charge in [0.2, 0.25) is 0 Å². The van der Waals surface area contributed by atoms with Gasteiger partial charge in [-0.05, 0) is 56.4 Å². The second-order valence-electron chi connectivity index (χ2n) is 7.78. The number of nitrogens with zero attached hydrogens (tertiary/aromatic N) is 2. The fraction of sp³-hybridized carbons (Fsp3) is 0.435. The van der Waals surface area contributed by atoms with Gasteiger partial charge in [0.1, 0.15) is 5.82 Å². The molecule has 30 heavy (non-hydrogen) atoms. The maximum Gasteiger partial charge on any atom is 0.318 e. The first-order valence-corrected chi connectivity index (χ1v) is 10.3. The van der Waals surface area contributed by atoms with Crippen LogP contribution in [0.5, 0.6) is 11.5 Å². The maximum absolute atomic E-state index is 13.2. The number of nitrogens with one attached hydrogen (secondary N) is 1. The van der Waals surface area contributed by atoms with Crippen molar-refractivity contribution >= 4 is 6.03 Å². The second-order valence-corrected chi connectivity index (χ2v) is 7.78. The molecular formula is C23H30FN3O3. The summed E-state index contributed by atoms with van der Waals surface area (Å²) in [4.78, 5) is 16.8. The molecule has 2 amide bonds. The van der Waals surface area contributed by atoms with E-state index in [9.17, 15) is 9.18 Å². The Labute approximate surface area is 177 Å². The molecule has 0 bridgehead atoms. The SMILES string of the molecule is CC(NC(=O)N(CCN(C)C)Cc1ccc(F)cc1)c1ccc2c(c1)OCCCO2. The van der Waals surface area contributed by atoms with Crippen LogP contribution in [0.4, 0.5) is 9.18 Å². The predicted octanol–water partition coefficient (Wildman–Crippen LogP) is 3.82. The van der Waals surface area contributed by atoms with Gasteiger partial charge >= 0.3 is 6.03 Å². The molecule has 3 rings (SSSR count). The highest BCUT2D eigenvalue weighted by Gasteiger charge is 2.19. The quantitative estimate of drug-likeness (QED) is 0.747. The van der Waals surface area contributed by atoms with Crippen molar-refractivity contribution in [3.05, 3.63) is 59.4 Å². The van der Waals surface area contributed by atoms with E-state index >= 15 is 0 Å². The Bertz CT molecular complexity index is 842. The van der Waals surface area contributed by atoms with Crippen molar-refractivity contribution in [2.45, 2.75) is 25.9 Å². The van der Waals surface area contributed by atoms with Gasteiger partial charge in [-0.15, -0.1) is 0 Å². The van der Waals surface area contributed by atoms with Gasteiger partial charge in [-0.3, -0.25) is 0 Å². The van der Waals surface area contributed by atoms with Crippen molar-refractivity contribution in [1.82, 2.24) is 15.1 Å². The van der Waals surface area contributed by atoms with Crippen LogP contribution < -0.4 is 14.8 Å². The third kappa shape index (κ3) is 6.10. The van der Waals surface area contributed by atoms with Crippen LogP contribution in [-0.4, -0.2) is 56.2 Å². The van der Waals surface area contributed by atoms with Gasteiger partial charge in [-0.1, -0.05) is 18.2 Å². The second kappa shape index (κ2) is 10.3. The number of ether oxygens (including phenoxy) is 2. The van der Waals surface area contributed by atoms with Gasteiger partial charge in [0.05, 0.1) is 19.3 Å². The number of urea groups is 1. The number of carbonyl (C=O) groups excluding carboxylic acids is 1. The van der Waals surface area contributed by atoms with Crippen LogP contribution in [0.2, 0.25) is 0 Å². The van der Waals surface area contributed by atoms with Gasteiger partial charge in [0.15, 0.2) is 11.5 Å². The summed E-state index contributed by atoms with van der Waals surface area (Å²) in [5, 5.41) is 3.07. The molecule has 162 valence electrons. The zero-order valence-corrected chi connectivity index (χ0v) is 17.9. The van der Waals surface area contributed by atoms with E-state index in [0.29, 0.717) is 32.1 Å². The highest BCUT2D eigenvalue weighted by molar-refractivity contribution is 5.74. The first kappa shape index (κ1) is 21.9. The number of benzene rings is 2. The summed E-state index contributed by atoms with van der Waals surface area (Å²) in [5.74, 6) is 1.16. The maximum atomic E-state index is 13.2. The fourth-order valence-corrected chi connectivity index (χ4v) is 3.19. The monoisotopic (exact) mass is 415 g/mol. The Balaban J connectivity index is 1.68. The Morgan fingerprint density at radius 2 is 1.77 bits per heavy atom. The van der Waals surface area contributed by atoms with E-state index in [1.807, 2.05) is 44.1 Å². The molecule has 2 aromatic carbocycles. The van der Waals surface area contributed by atoms with Crippen molar-refractivity contribution in [3.8, 4) is 11.5 Å². The number of rotatable bonds is 7. The van der Waals surface area contributed by atoms with Crippen LogP contribution in [0.15, 0.2) is 42.5 Å². The molecule has 0 spiro atoms. The topological polar surface area (TPSA) is 54.0 Å². The lowest BCUT2D eigenvalue weighted by Gasteiger charge is -2.27. The van der Waals surface area contributed by atoms with E-state index < -0.39 is 0 Å². The molecule has 0 radical (unpaired) electrons. The van der Waals surface area contributed by atoms with Crippen LogP contribution in [0, 0.1) is 5.82 Å². The lowest BCUT2D eigenvalue weighted by atomic mass is 10.1. The lowest BCUT2D eigenvalue weighted by Crippen LogP contribution is -2.43. The summed E-state index contributed by atoms with van der Waals surface area (Å²) < 4.78 is 24.7. The van der Waals surface area contributed by atoms with Crippen LogP contribution in [0.3, 0.4) is 0 Å². The van der Waals surface area contributed by atoms with E-state index in [0.717, 1.165) is 29.8 Å². The predicted molar refractivity (Wildman–Crippen MR) is 114 cm³/mol. The molecule has 1 aliphatic rings. The third-order valence-electron chi connectivity index (χ3n) is 5.00. The number of hydrogen-bond acceptors (Lipinski definition) is 4. The smallest absolute Gasteiger partial charge is 0.318 e. The summed E-state index contributed by atoms with van der Waals surface area (Å²) in [6.07, 6.45) is 0.848. The molecule has 1 N–H and O–H groups in total. The molecule has 1 atom stereocenters. The van der Waals surface area contributed by atoms with Crippen molar-refractivity contribution in [3.63, 3.8) is 0 Å². The Hall–Kier alpha value is -2.80. The minimum Gasteiger partial charge on any atom is -0.490 e. The number of halogens is 1. The molecule has 7 heteroatoms. The minimum atomic E-state index is -0.286. The van der Waals surface area contributed by atoms with E-state index in [4.69, 9.17) is 9.47 Å². The molecular weight excluding hydrogens is 385 g/mol. The molecule has 0 aliphatic carbocycles. The third-order valence-corrected chi connectivity index (χ3v) is 5.00. The minimum absolute atomic E-state index is 0.166. The molecule has 0 saturated heterocycles. The first-order chi connectivity index (χ1) is 14.4. The average molecular weight is 416 g/mol. The molecule has 1 heterocycles. The Morgan fingerprint density at radius 1 is 1.07 bits per heavy atom. The molecule has 0 saturated carbocycles. The van der Waals surface area contributed by atoms with E-state index in [1.165, 1.54) is 12.1 Å². The molecule has 0 aromatic heterocycles. The highest BCUT2D eigenvalue weighted by atomic mass is 19.1. The number of hydrogen-bond donors (Lipinski definition) is 1. The van der Waals surface area contributed by atoms with Gasteiger partial charge in [0.25, 0.3) is 0 Å². The number of likely N-dealkylation sites (N-methyl/N-ethyl adjacent to an activating group) is 1. The van der Waals surface area contributed by atoms with Gasteiger partial charge in [-0.25, -0.2) is 9.18 Å². The largest absolute Gasteiger partial charge is 0.490 e. The van der Waals surface area contributed by atoms with Crippen LogP contribution in [-0.2, 0) is 6.54 Å². The van der Waals surface area contributed by atoms with Gasteiger partial charge < -0.3 is 24.6 Å². The van der Waals surface area contributed by atoms with E-state index in [-0.39, 0.29) is 17.9 Å². The molecule has 1 aliphatic heterocycles. The van der Waals surface area contributed by atoms with Gasteiger partial charge in [0, 0.05) is 26.1 Å². The van der Waals surface area contributed by atoms with Crippen molar-refractivity contribution < 1.29 is 18.7 Å². The average Bonchev–Trinajstić information content (AvgIpc) is 2.97. The lowest BCUT2D eigenvalue weighted by molar-refractivity contribution is 0.185. The molecule has 0 fully saturated rings. The van der Waals surface area contributed by atoms with Crippen molar-refractivity contribution in [1.29, 1.82) is 0 Å². The standard InChI is InChI=1S/C23H30FN3O3/c1-17(19-7-10-21-22(15-19)30-14-4-13-29-21)25-23(28)27(12-11-26(2)3)16-18-5-8-20(24)9-6-18/h5-10,15,17H,4,11-14,16H2,1-3H3,(H,25,28). The first-order valence-electron chi connectivity index (χ1n) is 10.3. The zero-order chi connectivity index (χ0) is 21.5. The van der Waals surface area contributed by atoms with Crippen molar-refractivity contribution in [2.24, 2.45) is 0 Å². The summed E-state index contributed by atoms with van der Waals surface area (Å²) in [6, 6.07) is 11.6. The fourth-order valence-electron chi connectivity index (χ4n) is 3.19. The number of fused-ring (bicyclic) bond motifs is 1. The van der Waals surface area contributed by atoms with Crippen molar-refractivity contribution in [2.75, 3.05) is 40.4 Å². The van der Waals surface area contributed by atoms with Crippen LogP contribution in [0.1, 0.15) is 30.5 Å². The Kier molecular flexibility index (Phi) is 7.52. The highest BCUT2D eigenvalue weighted by Crippen LogP contribution is 2.32.